The van der Waals surface area contributed by atoms with E-state index in [9.17, 15) is 4.79 Å². The number of rotatable bonds is 8. The third-order valence-electron chi connectivity index (χ3n) is 4.21. The number of nitrogen functional groups attached to an aromatic ring is 1. The van der Waals surface area contributed by atoms with Gasteiger partial charge in [-0.1, -0.05) is 42.5 Å². The quantitative estimate of drug-likeness (QED) is 0.423. The summed E-state index contributed by atoms with van der Waals surface area (Å²) in [5.41, 5.74) is 14.4. The molecule has 0 spiro atoms. The van der Waals surface area contributed by atoms with Crippen LogP contribution in [0.3, 0.4) is 0 Å². The van der Waals surface area contributed by atoms with Crippen molar-refractivity contribution in [3.8, 4) is 11.5 Å². The SMILES string of the molecule is NC(=O)c1ccc(Oc2ccc(CNCCc3ccccc3)cc2)c(N)c1. The van der Waals surface area contributed by atoms with Gasteiger partial charge in [-0.25, -0.2) is 0 Å². The minimum absolute atomic E-state index is 0.358. The van der Waals surface area contributed by atoms with Crippen LogP contribution in [0, 0.1) is 0 Å². The molecule has 0 aliphatic heterocycles. The third kappa shape index (κ3) is 5.33. The van der Waals surface area contributed by atoms with Crippen molar-refractivity contribution in [3.05, 3.63) is 89.5 Å². The van der Waals surface area contributed by atoms with Crippen molar-refractivity contribution in [1.29, 1.82) is 0 Å². The van der Waals surface area contributed by atoms with Crippen molar-refractivity contribution in [2.45, 2.75) is 13.0 Å². The van der Waals surface area contributed by atoms with Crippen LogP contribution in [0.2, 0.25) is 0 Å². The molecule has 0 aliphatic carbocycles. The second-order valence-electron chi connectivity index (χ2n) is 6.28. The highest BCUT2D eigenvalue weighted by Gasteiger charge is 2.07. The number of primary amides is 1. The first-order chi connectivity index (χ1) is 13.1. The molecule has 5 heteroatoms. The first-order valence-electron chi connectivity index (χ1n) is 8.82. The lowest BCUT2D eigenvalue weighted by Gasteiger charge is -2.10. The standard InChI is InChI=1S/C22H23N3O2/c23-20-14-18(22(24)26)8-11-21(20)27-19-9-6-17(7-10-19)15-25-13-12-16-4-2-1-3-5-16/h1-11,14,25H,12-13,15,23H2,(H2,24,26). The number of nitrogens with one attached hydrogen (secondary N) is 1. The van der Waals surface area contributed by atoms with Crippen LogP contribution < -0.4 is 21.5 Å². The van der Waals surface area contributed by atoms with Gasteiger partial charge >= 0.3 is 0 Å². The summed E-state index contributed by atoms with van der Waals surface area (Å²) in [7, 11) is 0. The summed E-state index contributed by atoms with van der Waals surface area (Å²) in [5.74, 6) is 0.660. The zero-order chi connectivity index (χ0) is 19.1. The van der Waals surface area contributed by atoms with E-state index in [1.807, 2.05) is 30.3 Å². The Bertz CT molecular complexity index is 893. The molecule has 0 heterocycles. The molecule has 0 saturated heterocycles. The van der Waals surface area contributed by atoms with Gasteiger partial charge in [-0.05, 0) is 54.4 Å². The smallest absolute Gasteiger partial charge is 0.248 e. The van der Waals surface area contributed by atoms with Crippen LogP contribution in [-0.2, 0) is 13.0 Å². The van der Waals surface area contributed by atoms with Crippen molar-refractivity contribution in [2.75, 3.05) is 12.3 Å². The Labute approximate surface area is 159 Å². The minimum Gasteiger partial charge on any atom is -0.455 e. The van der Waals surface area contributed by atoms with Crippen LogP contribution in [0.1, 0.15) is 21.5 Å². The number of benzene rings is 3. The predicted molar refractivity (Wildman–Crippen MR) is 108 cm³/mol. The van der Waals surface area contributed by atoms with E-state index >= 15 is 0 Å². The van der Waals surface area contributed by atoms with Crippen LogP contribution in [0.4, 0.5) is 5.69 Å². The molecule has 5 nitrogen and oxygen atoms in total. The Morgan fingerprint density at radius 1 is 0.926 bits per heavy atom. The number of hydrogen-bond donors (Lipinski definition) is 3. The van der Waals surface area contributed by atoms with Crippen LogP contribution in [0.25, 0.3) is 0 Å². The summed E-state index contributed by atoms with van der Waals surface area (Å²) < 4.78 is 5.78. The molecule has 0 radical (unpaired) electrons. The van der Waals surface area contributed by atoms with E-state index in [0.717, 1.165) is 19.5 Å². The fourth-order valence-corrected chi connectivity index (χ4v) is 2.71. The molecule has 0 atom stereocenters. The first-order valence-corrected chi connectivity index (χ1v) is 8.82. The Morgan fingerprint density at radius 3 is 2.33 bits per heavy atom. The molecule has 0 unspecified atom stereocenters. The normalized spacial score (nSPS) is 10.5. The highest BCUT2D eigenvalue weighted by Crippen LogP contribution is 2.28. The molecule has 27 heavy (non-hydrogen) atoms. The lowest BCUT2D eigenvalue weighted by molar-refractivity contribution is 0.100. The fourth-order valence-electron chi connectivity index (χ4n) is 2.71. The van der Waals surface area contributed by atoms with Crippen LogP contribution >= 0.6 is 0 Å². The second-order valence-corrected chi connectivity index (χ2v) is 6.28. The molecule has 138 valence electrons. The second kappa shape index (κ2) is 8.87. The number of carbonyl (C=O) groups is 1. The van der Waals surface area contributed by atoms with E-state index in [-0.39, 0.29) is 0 Å². The van der Waals surface area contributed by atoms with E-state index in [4.69, 9.17) is 16.2 Å². The number of hydrogen-bond acceptors (Lipinski definition) is 4. The predicted octanol–water partition coefficient (Wildman–Crippen LogP) is 3.49. The first kappa shape index (κ1) is 18.5. The Hall–Kier alpha value is -3.31. The van der Waals surface area contributed by atoms with Gasteiger partial charge in [-0.2, -0.15) is 0 Å². The van der Waals surface area contributed by atoms with Gasteiger partial charge in [0.05, 0.1) is 5.69 Å². The van der Waals surface area contributed by atoms with E-state index in [1.54, 1.807) is 12.1 Å². The topological polar surface area (TPSA) is 90.4 Å². The summed E-state index contributed by atoms with van der Waals surface area (Å²) in [5, 5.41) is 3.44. The largest absolute Gasteiger partial charge is 0.455 e. The molecule has 0 aliphatic rings. The van der Waals surface area contributed by atoms with Crippen molar-refractivity contribution in [2.24, 2.45) is 5.73 Å². The molecular weight excluding hydrogens is 338 g/mol. The highest BCUT2D eigenvalue weighted by molar-refractivity contribution is 5.94. The van der Waals surface area contributed by atoms with E-state index < -0.39 is 5.91 Å². The summed E-state index contributed by atoms with van der Waals surface area (Å²) in [4.78, 5) is 11.2. The third-order valence-corrected chi connectivity index (χ3v) is 4.21. The minimum atomic E-state index is -0.516. The molecule has 3 rings (SSSR count). The Morgan fingerprint density at radius 2 is 1.67 bits per heavy atom. The average molecular weight is 361 g/mol. The van der Waals surface area contributed by atoms with Gasteiger partial charge in [0.2, 0.25) is 5.91 Å². The highest BCUT2D eigenvalue weighted by atomic mass is 16.5. The van der Waals surface area contributed by atoms with Gasteiger partial charge in [-0.15, -0.1) is 0 Å². The number of anilines is 1. The lowest BCUT2D eigenvalue weighted by atomic mass is 10.1. The molecule has 5 N–H and O–H groups in total. The summed E-state index contributed by atoms with van der Waals surface area (Å²) in [6, 6.07) is 23.0. The van der Waals surface area contributed by atoms with Gasteiger partial charge in [-0.3, -0.25) is 4.79 Å². The van der Waals surface area contributed by atoms with Gasteiger partial charge in [0.1, 0.15) is 11.5 Å². The van der Waals surface area contributed by atoms with Crippen molar-refractivity contribution in [1.82, 2.24) is 5.32 Å². The summed E-state index contributed by atoms with van der Waals surface area (Å²) in [6.07, 6.45) is 1.00. The molecule has 0 fully saturated rings. The Balaban J connectivity index is 1.50. The van der Waals surface area contributed by atoms with Crippen molar-refractivity contribution < 1.29 is 9.53 Å². The van der Waals surface area contributed by atoms with E-state index in [1.165, 1.54) is 17.2 Å². The van der Waals surface area contributed by atoms with Gasteiger partial charge in [0.15, 0.2) is 0 Å². The van der Waals surface area contributed by atoms with Gasteiger partial charge < -0.3 is 21.5 Å². The Kier molecular flexibility index (Phi) is 6.07. The van der Waals surface area contributed by atoms with Gasteiger partial charge in [0, 0.05) is 12.1 Å². The van der Waals surface area contributed by atoms with Crippen molar-refractivity contribution >= 4 is 11.6 Å². The monoisotopic (exact) mass is 361 g/mol. The maximum absolute atomic E-state index is 11.2. The van der Waals surface area contributed by atoms with Gasteiger partial charge in [0.25, 0.3) is 0 Å². The fraction of sp³-hybridized carbons (Fsp3) is 0.136. The molecule has 1 amide bonds. The average Bonchev–Trinajstić information content (AvgIpc) is 2.68. The molecule has 0 bridgehead atoms. The van der Waals surface area contributed by atoms with Crippen LogP contribution in [-0.4, -0.2) is 12.5 Å². The summed E-state index contributed by atoms with van der Waals surface area (Å²) in [6.45, 7) is 1.72. The number of amides is 1. The van der Waals surface area contributed by atoms with Crippen molar-refractivity contribution in [3.63, 3.8) is 0 Å². The van der Waals surface area contributed by atoms with Crippen LogP contribution in [0.15, 0.2) is 72.8 Å². The summed E-state index contributed by atoms with van der Waals surface area (Å²) >= 11 is 0. The zero-order valence-electron chi connectivity index (χ0n) is 15.0. The number of carbonyl (C=O) groups excluding carboxylic acids is 1. The van der Waals surface area contributed by atoms with E-state index in [2.05, 4.69) is 29.6 Å². The molecule has 3 aromatic rings. The molecule has 0 saturated carbocycles. The zero-order valence-corrected chi connectivity index (χ0v) is 15.0. The lowest BCUT2D eigenvalue weighted by Crippen LogP contribution is -2.16. The molecule has 3 aromatic carbocycles. The molecule has 0 aromatic heterocycles. The number of nitrogens with two attached hydrogens (primary N) is 2. The molecular formula is C22H23N3O2. The van der Waals surface area contributed by atoms with E-state index in [0.29, 0.717) is 22.7 Å². The maximum atomic E-state index is 11.2. The number of ether oxygens (including phenoxy) is 1. The maximum Gasteiger partial charge on any atom is 0.248 e. The van der Waals surface area contributed by atoms with Crippen LogP contribution in [0.5, 0.6) is 11.5 Å².